The van der Waals surface area contributed by atoms with E-state index >= 15 is 0 Å². The number of nitro groups is 1. The van der Waals surface area contributed by atoms with Crippen LogP contribution in [0.4, 0.5) is 17.1 Å². The fourth-order valence-electron chi connectivity index (χ4n) is 2.95. The smallest absolute Gasteiger partial charge is 0.337 e. The summed E-state index contributed by atoms with van der Waals surface area (Å²) in [6.45, 7) is 3.40. The average molecular weight is 441 g/mol. The van der Waals surface area contributed by atoms with Gasteiger partial charge in [-0.15, -0.1) is 0 Å². The van der Waals surface area contributed by atoms with E-state index in [1.54, 1.807) is 31.2 Å². The number of rotatable bonds is 7. The Kier molecular flexibility index (Phi) is 6.33. The third-order valence-corrected chi connectivity index (χ3v) is 5.14. The molecule has 1 atom stereocenters. The van der Waals surface area contributed by atoms with Crippen LogP contribution in [0.5, 0.6) is 11.5 Å². The fourth-order valence-corrected chi connectivity index (χ4v) is 3.56. The Morgan fingerprint density at radius 1 is 1.03 bits per heavy atom. The van der Waals surface area contributed by atoms with E-state index in [2.05, 4.69) is 0 Å². The van der Waals surface area contributed by atoms with Gasteiger partial charge >= 0.3 is 5.97 Å². The maximum atomic E-state index is 11.9. The summed E-state index contributed by atoms with van der Waals surface area (Å²) in [7, 11) is 0. The normalized spacial score (nSPS) is 11.6. The maximum absolute atomic E-state index is 11.9. The van der Waals surface area contributed by atoms with Crippen LogP contribution in [0.2, 0.25) is 0 Å². The number of nitro benzene ring substituents is 1. The van der Waals surface area contributed by atoms with Gasteiger partial charge in [-0.1, -0.05) is 17.7 Å². The number of nitrogens with zero attached hydrogens (tertiary/aromatic N) is 2. The molecule has 1 N–H and O–H groups in total. The first-order valence-electron chi connectivity index (χ1n) is 8.94. The Bertz CT molecular complexity index is 1180. The lowest BCUT2D eigenvalue weighted by molar-refractivity contribution is -0.385. The Hall–Kier alpha value is -3.76. The van der Waals surface area contributed by atoms with Crippen LogP contribution in [-0.2, 0) is 11.3 Å². The molecule has 3 aromatic carbocycles. The number of carboxylic acid groups (broad SMARTS) is 1. The van der Waals surface area contributed by atoms with Gasteiger partial charge in [-0.25, -0.2) is 4.79 Å². The largest absolute Gasteiger partial charge is 0.755 e. The van der Waals surface area contributed by atoms with Crippen LogP contribution in [0, 0.1) is 24.0 Å². The zero-order valence-electron chi connectivity index (χ0n) is 16.5. The molecule has 0 saturated carbocycles. The van der Waals surface area contributed by atoms with Crippen molar-refractivity contribution in [2.24, 2.45) is 0 Å². The van der Waals surface area contributed by atoms with Gasteiger partial charge in [0.15, 0.2) is 0 Å². The highest BCUT2D eigenvalue weighted by Crippen LogP contribution is 2.34. The van der Waals surface area contributed by atoms with Crippen LogP contribution in [0.15, 0.2) is 60.7 Å². The molecule has 160 valence electrons. The minimum absolute atomic E-state index is 0.0584. The highest BCUT2D eigenvalue weighted by atomic mass is 32.2. The standard InChI is InChI=1S/C21H18N2O7S/c1-13-3-5-15(6-4-13)22(31(28)29)20-10-8-17(12-18(20)21(24)25)30-16-7-9-19(23(26)27)14(2)11-16/h3-12H,1-2H3,(H,24,25)(H,28,29)/p-1. The van der Waals surface area contributed by atoms with Crippen molar-refractivity contribution in [1.29, 1.82) is 0 Å². The highest BCUT2D eigenvalue weighted by molar-refractivity contribution is 7.81. The summed E-state index contributed by atoms with van der Waals surface area (Å²) in [6.07, 6.45) is 0. The summed E-state index contributed by atoms with van der Waals surface area (Å²) in [5, 5.41) is 20.6. The van der Waals surface area contributed by atoms with Crippen LogP contribution in [0.1, 0.15) is 21.5 Å². The molecule has 0 aliphatic rings. The lowest BCUT2D eigenvalue weighted by Gasteiger charge is -2.28. The number of anilines is 2. The first kappa shape index (κ1) is 21.9. The van der Waals surface area contributed by atoms with E-state index in [9.17, 15) is 28.8 Å². The minimum atomic E-state index is -2.78. The summed E-state index contributed by atoms with van der Waals surface area (Å²) in [5.74, 6) is -0.937. The molecule has 0 heterocycles. The molecule has 0 aromatic heterocycles. The zero-order chi connectivity index (χ0) is 22.7. The predicted molar refractivity (Wildman–Crippen MR) is 114 cm³/mol. The summed E-state index contributed by atoms with van der Waals surface area (Å²) >= 11 is -2.78. The monoisotopic (exact) mass is 441 g/mol. The number of ether oxygens (including phenoxy) is 1. The number of aromatic carboxylic acids is 1. The topological polar surface area (TPSA) is 133 Å². The second-order valence-electron chi connectivity index (χ2n) is 6.64. The Morgan fingerprint density at radius 2 is 1.65 bits per heavy atom. The zero-order valence-corrected chi connectivity index (χ0v) is 17.3. The molecule has 10 heteroatoms. The lowest BCUT2D eigenvalue weighted by atomic mass is 10.1. The van der Waals surface area contributed by atoms with E-state index in [4.69, 9.17) is 4.74 Å². The SMILES string of the molecule is Cc1ccc(N(c2ccc(Oc3ccc([N+](=O)[O-])c(C)c3)cc2C(=O)O)S(=O)[O-])cc1. The van der Waals surface area contributed by atoms with E-state index < -0.39 is 22.2 Å². The van der Waals surface area contributed by atoms with Crippen molar-refractivity contribution >= 4 is 34.3 Å². The highest BCUT2D eigenvalue weighted by Gasteiger charge is 2.20. The number of hydrogen-bond donors (Lipinski definition) is 1. The van der Waals surface area contributed by atoms with Crippen LogP contribution >= 0.6 is 0 Å². The van der Waals surface area contributed by atoms with E-state index in [0.717, 1.165) is 9.87 Å². The van der Waals surface area contributed by atoms with Crippen molar-refractivity contribution in [2.45, 2.75) is 13.8 Å². The fraction of sp³-hybridized carbons (Fsp3) is 0.0952. The van der Waals surface area contributed by atoms with E-state index in [-0.39, 0.29) is 34.1 Å². The van der Waals surface area contributed by atoms with Gasteiger partial charge in [-0.05, 0) is 56.3 Å². The van der Waals surface area contributed by atoms with Gasteiger partial charge in [-0.3, -0.25) is 18.6 Å². The molecule has 0 amide bonds. The molecule has 31 heavy (non-hydrogen) atoms. The maximum Gasteiger partial charge on any atom is 0.337 e. The van der Waals surface area contributed by atoms with Gasteiger partial charge in [0.1, 0.15) is 11.5 Å². The van der Waals surface area contributed by atoms with E-state index in [0.29, 0.717) is 5.56 Å². The van der Waals surface area contributed by atoms with Crippen LogP contribution in [0.3, 0.4) is 0 Å². The molecule has 0 aliphatic heterocycles. The second-order valence-corrected chi connectivity index (χ2v) is 7.44. The van der Waals surface area contributed by atoms with Crippen molar-refractivity contribution < 1.29 is 28.3 Å². The Morgan fingerprint density at radius 3 is 2.19 bits per heavy atom. The third-order valence-electron chi connectivity index (χ3n) is 4.44. The van der Waals surface area contributed by atoms with Crippen LogP contribution in [-0.4, -0.2) is 24.8 Å². The second kappa shape index (κ2) is 8.94. The molecule has 0 bridgehead atoms. The van der Waals surface area contributed by atoms with Gasteiger partial charge in [0, 0.05) is 11.6 Å². The van der Waals surface area contributed by atoms with Crippen LogP contribution < -0.4 is 9.04 Å². The van der Waals surface area contributed by atoms with Gasteiger partial charge in [-0.2, -0.15) is 0 Å². The summed E-state index contributed by atoms with van der Waals surface area (Å²) in [5.41, 5.74) is 1.16. The molecule has 3 aromatic rings. The molecule has 9 nitrogen and oxygen atoms in total. The van der Waals surface area contributed by atoms with Crippen molar-refractivity contribution in [1.82, 2.24) is 0 Å². The third kappa shape index (κ3) is 4.87. The van der Waals surface area contributed by atoms with Crippen molar-refractivity contribution in [3.8, 4) is 11.5 Å². The molecular weight excluding hydrogens is 424 g/mol. The molecule has 0 spiro atoms. The van der Waals surface area contributed by atoms with E-state index in [1.165, 1.54) is 36.4 Å². The first-order chi connectivity index (χ1) is 14.7. The number of carboxylic acids is 1. The summed E-state index contributed by atoms with van der Waals surface area (Å²) < 4.78 is 30.3. The molecule has 1 unspecified atom stereocenters. The first-order valence-corrected chi connectivity index (χ1v) is 9.97. The van der Waals surface area contributed by atoms with Crippen molar-refractivity contribution in [3.63, 3.8) is 0 Å². The number of carbonyl (C=O) groups is 1. The molecule has 3 rings (SSSR count). The van der Waals surface area contributed by atoms with E-state index in [1.807, 2.05) is 6.92 Å². The predicted octanol–water partition coefficient (Wildman–Crippen LogP) is 4.63. The number of benzene rings is 3. The average Bonchev–Trinajstić information content (AvgIpc) is 2.70. The number of hydrogen-bond acceptors (Lipinski definition) is 6. The quantitative estimate of drug-likeness (QED) is 0.321. The number of aryl methyl sites for hydroxylation is 2. The van der Waals surface area contributed by atoms with Gasteiger partial charge in [0.05, 0.1) is 33.1 Å². The van der Waals surface area contributed by atoms with Gasteiger partial charge in [0.25, 0.3) is 5.69 Å². The minimum Gasteiger partial charge on any atom is -0.755 e. The Balaban J connectivity index is 2.00. The van der Waals surface area contributed by atoms with Crippen molar-refractivity contribution in [3.05, 3.63) is 87.5 Å². The molecular formula is C21H17N2O7S-. The molecule has 0 radical (unpaired) electrons. The Labute approximate surface area is 180 Å². The van der Waals surface area contributed by atoms with Gasteiger partial charge in [0.2, 0.25) is 0 Å². The van der Waals surface area contributed by atoms with Crippen molar-refractivity contribution in [2.75, 3.05) is 4.31 Å². The lowest BCUT2D eigenvalue weighted by Crippen LogP contribution is -2.22. The molecule has 0 saturated heterocycles. The van der Waals surface area contributed by atoms with Crippen LogP contribution in [0.25, 0.3) is 0 Å². The molecule has 0 aliphatic carbocycles. The summed E-state index contributed by atoms with van der Waals surface area (Å²) in [6, 6.07) is 14.6. The molecule has 0 fully saturated rings. The van der Waals surface area contributed by atoms with Gasteiger partial charge < -0.3 is 14.4 Å². The summed E-state index contributed by atoms with van der Waals surface area (Å²) in [4.78, 5) is 22.3.